The Morgan fingerprint density at radius 1 is 1.14 bits per heavy atom. The van der Waals surface area contributed by atoms with Crippen molar-refractivity contribution >= 4 is 79.7 Å². The van der Waals surface area contributed by atoms with Crippen molar-refractivity contribution in [3.05, 3.63) is 55.4 Å². The predicted octanol–water partition coefficient (Wildman–Crippen LogP) is 6.96. The molecular weight excluding hydrogens is 507 g/mol. The summed E-state index contributed by atoms with van der Waals surface area (Å²) in [7, 11) is 0. The van der Waals surface area contributed by atoms with Crippen molar-refractivity contribution in [2.75, 3.05) is 11.9 Å². The first kappa shape index (κ1) is 23.2. The third kappa shape index (κ3) is 6.78. The second kappa shape index (κ2) is 10.6. The molecule has 4 nitrogen and oxygen atoms in total. The van der Waals surface area contributed by atoms with E-state index < -0.39 is 5.91 Å². The van der Waals surface area contributed by atoms with Crippen molar-refractivity contribution in [3.63, 3.8) is 0 Å². The monoisotopic (exact) mass is 522 g/mol. The molecule has 0 aliphatic heterocycles. The molecule has 0 spiro atoms. The highest BCUT2D eigenvalue weighted by Gasteiger charge is 2.16. The van der Waals surface area contributed by atoms with Crippen LogP contribution >= 0.6 is 63.0 Å². The maximum atomic E-state index is 12.7. The summed E-state index contributed by atoms with van der Waals surface area (Å²) in [5.41, 5.74) is 0.798. The average molecular weight is 525 g/mol. The van der Waals surface area contributed by atoms with Gasteiger partial charge >= 0.3 is 0 Å². The molecule has 2 rings (SSSR count). The van der Waals surface area contributed by atoms with Gasteiger partial charge in [0.25, 0.3) is 5.91 Å². The molecule has 0 unspecified atom stereocenters. The van der Waals surface area contributed by atoms with Gasteiger partial charge in [-0.3, -0.25) is 10.1 Å². The number of nitrogens with one attached hydrogen (secondary N) is 2. The fourth-order valence-electron chi connectivity index (χ4n) is 2.15. The lowest BCUT2D eigenvalue weighted by molar-refractivity contribution is 0.0973. The zero-order valence-corrected chi connectivity index (χ0v) is 19.8. The van der Waals surface area contributed by atoms with Gasteiger partial charge in [0, 0.05) is 4.47 Å². The molecule has 28 heavy (non-hydrogen) atoms. The smallest absolute Gasteiger partial charge is 0.261 e. The molecule has 2 aromatic rings. The van der Waals surface area contributed by atoms with Gasteiger partial charge in [0.2, 0.25) is 0 Å². The van der Waals surface area contributed by atoms with E-state index in [9.17, 15) is 4.79 Å². The minimum atomic E-state index is -0.408. The summed E-state index contributed by atoms with van der Waals surface area (Å²) < 4.78 is 6.52. The maximum absolute atomic E-state index is 12.7. The van der Waals surface area contributed by atoms with Crippen LogP contribution in [0, 0.1) is 5.92 Å². The molecule has 0 aliphatic rings. The Morgan fingerprint density at radius 3 is 2.50 bits per heavy atom. The minimum absolute atomic E-state index is 0.0680. The third-order valence-electron chi connectivity index (χ3n) is 3.62. The second-order valence-corrected chi connectivity index (χ2v) is 8.87. The van der Waals surface area contributed by atoms with Gasteiger partial charge in [0.15, 0.2) is 5.11 Å². The molecule has 0 saturated heterocycles. The van der Waals surface area contributed by atoms with Gasteiger partial charge in [-0.1, -0.05) is 64.6 Å². The van der Waals surface area contributed by atoms with E-state index in [1.54, 1.807) is 12.1 Å². The van der Waals surface area contributed by atoms with Crippen LogP contribution in [0.3, 0.4) is 0 Å². The van der Waals surface area contributed by atoms with Gasteiger partial charge in [-0.15, -0.1) is 0 Å². The van der Waals surface area contributed by atoms with Crippen molar-refractivity contribution < 1.29 is 9.53 Å². The number of carbonyl (C=O) groups is 1. The Kier molecular flexibility index (Phi) is 8.83. The highest BCUT2D eigenvalue weighted by molar-refractivity contribution is 9.10. The Labute approximate surface area is 193 Å². The quantitative estimate of drug-likeness (QED) is 0.317. The van der Waals surface area contributed by atoms with Crippen LogP contribution in [0.15, 0.2) is 34.8 Å². The molecule has 0 aromatic heterocycles. The first-order valence-corrected chi connectivity index (χ1v) is 10.7. The SMILES string of the molecule is CC(C)CCOc1ccc(Br)cc1C(=O)NC(=S)Nc1cc(Cl)c(Cl)cc1Cl. The van der Waals surface area contributed by atoms with Gasteiger partial charge in [-0.25, -0.2) is 0 Å². The lowest BCUT2D eigenvalue weighted by atomic mass is 10.1. The standard InChI is InChI=1S/C19H18BrCl3N2O2S/c1-10(2)5-6-27-17-4-3-11(20)7-12(17)18(26)25-19(28)24-16-9-14(22)13(21)8-15(16)23/h3-4,7-10H,5-6H2,1-2H3,(H2,24,25,26,28). The average Bonchev–Trinajstić information content (AvgIpc) is 2.60. The first-order valence-electron chi connectivity index (χ1n) is 8.36. The van der Waals surface area contributed by atoms with E-state index in [-0.39, 0.29) is 5.11 Å². The molecule has 1 amide bonds. The molecule has 0 atom stereocenters. The highest BCUT2D eigenvalue weighted by atomic mass is 79.9. The molecule has 0 radical (unpaired) electrons. The molecule has 0 heterocycles. The van der Waals surface area contributed by atoms with Gasteiger partial charge in [-0.05, 0) is 54.9 Å². The number of amides is 1. The molecule has 0 aliphatic carbocycles. The number of thiocarbonyl (C=S) groups is 1. The number of anilines is 1. The van der Waals surface area contributed by atoms with Crippen molar-refractivity contribution in [2.24, 2.45) is 5.92 Å². The van der Waals surface area contributed by atoms with Crippen molar-refractivity contribution in [2.45, 2.75) is 20.3 Å². The largest absolute Gasteiger partial charge is 0.493 e. The van der Waals surface area contributed by atoms with E-state index in [1.165, 1.54) is 12.1 Å². The number of hydrogen-bond donors (Lipinski definition) is 2. The summed E-state index contributed by atoms with van der Waals surface area (Å²) in [6.07, 6.45) is 0.882. The molecular formula is C19H18BrCl3N2O2S. The summed E-state index contributed by atoms with van der Waals surface area (Å²) in [6, 6.07) is 8.26. The second-order valence-electron chi connectivity index (χ2n) is 6.33. The van der Waals surface area contributed by atoms with Gasteiger partial charge < -0.3 is 10.1 Å². The summed E-state index contributed by atoms with van der Waals surface area (Å²) in [5, 5.41) is 6.49. The van der Waals surface area contributed by atoms with Crippen LogP contribution < -0.4 is 15.4 Å². The van der Waals surface area contributed by atoms with Gasteiger partial charge in [0.05, 0.1) is 32.9 Å². The summed E-state index contributed by atoms with van der Waals surface area (Å²) >= 11 is 26.6. The van der Waals surface area contributed by atoms with Crippen LogP contribution in [-0.2, 0) is 0 Å². The number of benzene rings is 2. The number of rotatable bonds is 6. The van der Waals surface area contributed by atoms with E-state index in [2.05, 4.69) is 40.4 Å². The Balaban J connectivity index is 2.10. The predicted molar refractivity (Wildman–Crippen MR) is 124 cm³/mol. The Hall–Kier alpha value is -1.05. The fraction of sp³-hybridized carbons (Fsp3) is 0.263. The van der Waals surface area contributed by atoms with E-state index in [4.69, 9.17) is 51.8 Å². The van der Waals surface area contributed by atoms with Crippen molar-refractivity contribution in [1.29, 1.82) is 0 Å². The molecule has 2 aromatic carbocycles. The normalized spacial score (nSPS) is 10.7. The molecule has 0 saturated carbocycles. The van der Waals surface area contributed by atoms with Gasteiger partial charge in [0.1, 0.15) is 5.75 Å². The number of halogens is 4. The van der Waals surface area contributed by atoms with Crippen LogP contribution in [0.5, 0.6) is 5.75 Å². The number of carbonyl (C=O) groups excluding carboxylic acids is 1. The fourth-order valence-corrected chi connectivity index (χ4v) is 3.31. The van der Waals surface area contributed by atoms with Crippen LogP contribution in [0.25, 0.3) is 0 Å². The zero-order chi connectivity index (χ0) is 20.8. The molecule has 0 fully saturated rings. The maximum Gasteiger partial charge on any atom is 0.261 e. The highest BCUT2D eigenvalue weighted by Crippen LogP contribution is 2.32. The van der Waals surface area contributed by atoms with Crippen molar-refractivity contribution in [3.8, 4) is 5.75 Å². The lowest BCUT2D eigenvalue weighted by Crippen LogP contribution is -2.34. The van der Waals surface area contributed by atoms with Crippen LogP contribution in [0.4, 0.5) is 5.69 Å². The van der Waals surface area contributed by atoms with Crippen LogP contribution in [0.2, 0.25) is 15.1 Å². The molecule has 9 heteroatoms. The van der Waals surface area contributed by atoms with Gasteiger partial charge in [-0.2, -0.15) is 0 Å². The number of ether oxygens (including phenoxy) is 1. The Morgan fingerprint density at radius 2 is 1.82 bits per heavy atom. The summed E-state index contributed by atoms with van der Waals surface area (Å²) in [5.74, 6) is 0.576. The van der Waals surface area contributed by atoms with Crippen LogP contribution in [0.1, 0.15) is 30.6 Å². The van der Waals surface area contributed by atoms with E-state index in [0.717, 1.165) is 10.9 Å². The summed E-state index contributed by atoms with van der Waals surface area (Å²) in [4.78, 5) is 12.7. The minimum Gasteiger partial charge on any atom is -0.493 e. The Bertz CT molecular complexity index is 894. The van der Waals surface area contributed by atoms with E-state index >= 15 is 0 Å². The summed E-state index contributed by atoms with van der Waals surface area (Å²) in [6.45, 7) is 4.73. The van der Waals surface area contributed by atoms with Crippen LogP contribution in [-0.4, -0.2) is 17.6 Å². The lowest BCUT2D eigenvalue weighted by Gasteiger charge is -2.15. The van der Waals surface area contributed by atoms with Crippen molar-refractivity contribution in [1.82, 2.24) is 5.32 Å². The topological polar surface area (TPSA) is 50.4 Å². The molecule has 2 N–H and O–H groups in total. The number of hydrogen-bond acceptors (Lipinski definition) is 3. The third-order valence-corrected chi connectivity index (χ3v) is 5.36. The molecule has 0 bridgehead atoms. The van der Waals surface area contributed by atoms with E-state index in [0.29, 0.717) is 44.6 Å². The van der Waals surface area contributed by atoms with E-state index in [1.807, 2.05) is 6.07 Å². The first-order chi connectivity index (χ1) is 13.2. The molecule has 150 valence electrons. The zero-order valence-electron chi connectivity index (χ0n) is 15.1.